The number of fused-ring (bicyclic) bond motifs is 1. The third-order valence-corrected chi connectivity index (χ3v) is 3.23. The highest BCUT2D eigenvalue weighted by Crippen LogP contribution is 2.02. The summed E-state index contributed by atoms with van der Waals surface area (Å²) in [5.41, 5.74) is 1.09. The summed E-state index contributed by atoms with van der Waals surface area (Å²) in [6, 6.07) is 5.40. The molecule has 5 nitrogen and oxygen atoms in total. The van der Waals surface area contributed by atoms with Crippen LogP contribution in [0.25, 0.3) is 5.65 Å². The Morgan fingerprint density at radius 3 is 2.90 bits per heavy atom. The molecule has 0 aliphatic carbocycles. The summed E-state index contributed by atoms with van der Waals surface area (Å²) < 4.78 is 1.46. The molecule has 2 rings (SSSR count). The SMILES string of the molecule is CCCCCNC(=O)c1cnc2cccc(C)n2c1=O. The second-order valence-corrected chi connectivity index (χ2v) is 4.80. The van der Waals surface area contributed by atoms with Gasteiger partial charge in [-0.1, -0.05) is 25.8 Å². The van der Waals surface area contributed by atoms with Crippen LogP contribution in [0.4, 0.5) is 0 Å². The first-order valence-electron chi connectivity index (χ1n) is 6.90. The number of hydrogen-bond acceptors (Lipinski definition) is 3. The lowest BCUT2D eigenvalue weighted by molar-refractivity contribution is 0.0951. The smallest absolute Gasteiger partial charge is 0.270 e. The van der Waals surface area contributed by atoms with E-state index < -0.39 is 0 Å². The molecule has 0 atom stereocenters. The average Bonchev–Trinajstić information content (AvgIpc) is 2.44. The number of aromatic nitrogens is 2. The molecule has 2 heterocycles. The van der Waals surface area contributed by atoms with Crippen LogP contribution in [-0.2, 0) is 0 Å². The summed E-state index contributed by atoms with van der Waals surface area (Å²) in [5, 5.41) is 2.77. The first kappa shape index (κ1) is 14.2. The van der Waals surface area contributed by atoms with Gasteiger partial charge in [0.1, 0.15) is 11.2 Å². The van der Waals surface area contributed by atoms with Gasteiger partial charge in [0, 0.05) is 18.4 Å². The number of amides is 1. The molecule has 2 aromatic rings. The van der Waals surface area contributed by atoms with Gasteiger partial charge >= 0.3 is 0 Å². The first-order chi connectivity index (χ1) is 9.65. The van der Waals surface area contributed by atoms with Crippen LogP contribution >= 0.6 is 0 Å². The highest BCUT2D eigenvalue weighted by molar-refractivity contribution is 5.93. The molecule has 5 heteroatoms. The Hall–Kier alpha value is -2.17. The molecule has 0 aromatic carbocycles. The zero-order valence-corrected chi connectivity index (χ0v) is 11.8. The molecular weight excluding hydrogens is 254 g/mol. The van der Waals surface area contributed by atoms with Crippen LogP contribution in [0, 0.1) is 6.92 Å². The quantitative estimate of drug-likeness (QED) is 0.847. The molecule has 20 heavy (non-hydrogen) atoms. The largest absolute Gasteiger partial charge is 0.352 e. The van der Waals surface area contributed by atoms with Crippen molar-refractivity contribution in [3.05, 3.63) is 46.0 Å². The van der Waals surface area contributed by atoms with E-state index in [1.165, 1.54) is 10.6 Å². The number of carbonyl (C=O) groups is 1. The van der Waals surface area contributed by atoms with Gasteiger partial charge in [0.15, 0.2) is 0 Å². The molecule has 0 bridgehead atoms. The number of nitrogens with one attached hydrogen (secondary N) is 1. The number of rotatable bonds is 5. The minimum Gasteiger partial charge on any atom is -0.352 e. The molecule has 2 aromatic heterocycles. The molecular formula is C15H19N3O2. The van der Waals surface area contributed by atoms with E-state index in [-0.39, 0.29) is 17.0 Å². The standard InChI is InChI=1S/C15H19N3O2/c1-3-4-5-9-16-14(19)12-10-17-13-8-6-7-11(2)18(13)15(12)20/h6-8,10H,3-5,9H2,1-2H3,(H,16,19). The minimum atomic E-state index is -0.351. The van der Waals surface area contributed by atoms with Gasteiger partial charge in [0.2, 0.25) is 0 Å². The van der Waals surface area contributed by atoms with Gasteiger partial charge in [-0.3, -0.25) is 14.0 Å². The second kappa shape index (κ2) is 6.32. The summed E-state index contributed by atoms with van der Waals surface area (Å²) >= 11 is 0. The summed E-state index contributed by atoms with van der Waals surface area (Å²) in [5.74, 6) is -0.351. The van der Waals surface area contributed by atoms with Crippen molar-refractivity contribution in [1.29, 1.82) is 0 Å². The zero-order chi connectivity index (χ0) is 14.5. The number of carbonyl (C=O) groups excluding carboxylic acids is 1. The normalized spacial score (nSPS) is 10.7. The molecule has 0 radical (unpaired) electrons. The van der Waals surface area contributed by atoms with Crippen molar-refractivity contribution >= 4 is 11.6 Å². The van der Waals surface area contributed by atoms with Crippen LogP contribution in [0.15, 0.2) is 29.2 Å². The highest BCUT2D eigenvalue weighted by Gasteiger charge is 2.13. The Morgan fingerprint density at radius 2 is 2.15 bits per heavy atom. The van der Waals surface area contributed by atoms with Gasteiger partial charge in [-0.25, -0.2) is 4.98 Å². The third-order valence-electron chi connectivity index (χ3n) is 3.23. The Labute approximate surface area is 117 Å². The fraction of sp³-hybridized carbons (Fsp3) is 0.400. The molecule has 0 saturated heterocycles. The number of aryl methyl sites for hydroxylation is 1. The summed E-state index contributed by atoms with van der Waals surface area (Å²) in [6.07, 6.45) is 4.43. The lowest BCUT2D eigenvalue weighted by atomic mass is 10.2. The summed E-state index contributed by atoms with van der Waals surface area (Å²) in [4.78, 5) is 28.5. The molecule has 0 aliphatic rings. The fourth-order valence-electron chi connectivity index (χ4n) is 2.10. The van der Waals surface area contributed by atoms with E-state index in [0.29, 0.717) is 12.2 Å². The van der Waals surface area contributed by atoms with Crippen LogP contribution in [-0.4, -0.2) is 21.8 Å². The van der Waals surface area contributed by atoms with E-state index in [4.69, 9.17) is 0 Å². The van der Waals surface area contributed by atoms with Crippen LogP contribution in [0.5, 0.6) is 0 Å². The van der Waals surface area contributed by atoms with Crippen molar-refractivity contribution in [3.8, 4) is 0 Å². The first-order valence-corrected chi connectivity index (χ1v) is 6.90. The Balaban J connectivity index is 2.27. The van der Waals surface area contributed by atoms with Crippen LogP contribution in [0.2, 0.25) is 0 Å². The van der Waals surface area contributed by atoms with E-state index in [9.17, 15) is 9.59 Å². The monoisotopic (exact) mass is 273 g/mol. The highest BCUT2D eigenvalue weighted by atomic mass is 16.2. The Kier molecular flexibility index (Phi) is 4.50. The molecule has 0 unspecified atom stereocenters. The Morgan fingerprint density at radius 1 is 1.35 bits per heavy atom. The molecule has 0 aliphatic heterocycles. The molecule has 1 amide bonds. The van der Waals surface area contributed by atoms with Gasteiger partial charge in [0.05, 0.1) is 0 Å². The average molecular weight is 273 g/mol. The van der Waals surface area contributed by atoms with Gasteiger partial charge in [-0.2, -0.15) is 0 Å². The molecule has 0 fully saturated rings. The lowest BCUT2D eigenvalue weighted by Gasteiger charge is -2.07. The van der Waals surface area contributed by atoms with Gasteiger partial charge in [-0.15, -0.1) is 0 Å². The number of pyridine rings is 1. The van der Waals surface area contributed by atoms with E-state index in [1.807, 2.05) is 19.1 Å². The van der Waals surface area contributed by atoms with Crippen molar-refractivity contribution in [2.45, 2.75) is 33.1 Å². The second-order valence-electron chi connectivity index (χ2n) is 4.80. The number of hydrogen-bond donors (Lipinski definition) is 1. The van der Waals surface area contributed by atoms with Crippen LogP contribution in [0.3, 0.4) is 0 Å². The fourth-order valence-corrected chi connectivity index (χ4v) is 2.10. The predicted molar refractivity (Wildman–Crippen MR) is 78.1 cm³/mol. The van der Waals surface area contributed by atoms with Gasteiger partial charge in [-0.05, 0) is 25.5 Å². The summed E-state index contributed by atoms with van der Waals surface area (Å²) in [6.45, 7) is 4.51. The maximum absolute atomic E-state index is 12.3. The number of nitrogens with zero attached hydrogens (tertiary/aromatic N) is 2. The Bertz CT molecular complexity index is 676. The van der Waals surface area contributed by atoms with Crippen molar-refractivity contribution in [2.24, 2.45) is 0 Å². The lowest BCUT2D eigenvalue weighted by Crippen LogP contribution is -2.32. The summed E-state index contributed by atoms with van der Waals surface area (Å²) in [7, 11) is 0. The van der Waals surface area contributed by atoms with Crippen molar-refractivity contribution in [2.75, 3.05) is 6.54 Å². The van der Waals surface area contributed by atoms with E-state index >= 15 is 0 Å². The van der Waals surface area contributed by atoms with Crippen molar-refractivity contribution in [1.82, 2.24) is 14.7 Å². The molecule has 106 valence electrons. The van der Waals surface area contributed by atoms with Crippen LogP contribution in [0.1, 0.15) is 42.2 Å². The third kappa shape index (κ3) is 2.87. The van der Waals surface area contributed by atoms with Crippen molar-refractivity contribution < 1.29 is 4.79 Å². The van der Waals surface area contributed by atoms with Gasteiger partial charge in [0.25, 0.3) is 11.5 Å². The van der Waals surface area contributed by atoms with E-state index in [1.54, 1.807) is 6.07 Å². The maximum Gasteiger partial charge on any atom is 0.270 e. The maximum atomic E-state index is 12.3. The van der Waals surface area contributed by atoms with E-state index in [0.717, 1.165) is 25.0 Å². The molecule has 0 saturated carbocycles. The molecule has 0 spiro atoms. The topological polar surface area (TPSA) is 63.5 Å². The van der Waals surface area contributed by atoms with Crippen LogP contribution < -0.4 is 10.9 Å². The van der Waals surface area contributed by atoms with Gasteiger partial charge < -0.3 is 5.32 Å². The zero-order valence-electron chi connectivity index (χ0n) is 11.8. The molecule has 1 N–H and O–H groups in total. The number of unbranched alkanes of at least 4 members (excludes halogenated alkanes) is 2. The van der Waals surface area contributed by atoms with E-state index in [2.05, 4.69) is 17.2 Å². The minimum absolute atomic E-state index is 0.0910. The predicted octanol–water partition coefficient (Wildman–Crippen LogP) is 1.92. The van der Waals surface area contributed by atoms with Crippen molar-refractivity contribution in [3.63, 3.8) is 0 Å².